The summed E-state index contributed by atoms with van der Waals surface area (Å²) in [4.78, 5) is 9.09. The molecule has 0 bridgehead atoms. The van der Waals surface area contributed by atoms with Crippen LogP contribution in [0, 0.1) is 0 Å². The Labute approximate surface area is 124 Å². The predicted octanol–water partition coefficient (Wildman–Crippen LogP) is 2.34. The van der Waals surface area contributed by atoms with Crippen molar-refractivity contribution in [1.82, 2.24) is 29.5 Å². The van der Waals surface area contributed by atoms with Gasteiger partial charge < -0.3 is 4.57 Å². The summed E-state index contributed by atoms with van der Waals surface area (Å²) in [6.45, 7) is 0.626. The molecule has 0 aliphatic heterocycles. The molecule has 0 saturated carbocycles. The van der Waals surface area contributed by atoms with Crippen LogP contribution in [-0.4, -0.2) is 29.5 Å². The molecule has 3 heterocycles. The molecule has 0 saturated heterocycles. The number of para-hydroxylation sites is 2. The van der Waals surface area contributed by atoms with E-state index in [0.29, 0.717) is 6.54 Å². The molecule has 0 N–H and O–H groups in total. The van der Waals surface area contributed by atoms with Gasteiger partial charge in [0.15, 0.2) is 5.82 Å². The van der Waals surface area contributed by atoms with Gasteiger partial charge in [0, 0.05) is 18.6 Å². The van der Waals surface area contributed by atoms with Crippen molar-refractivity contribution in [3.05, 3.63) is 47.0 Å². The van der Waals surface area contributed by atoms with Gasteiger partial charge in [0.2, 0.25) is 0 Å². The second-order valence-electron chi connectivity index (χ2n) is 4.77. The van der Waals surface area contributed by atoms with E-state index in [-0.39, 0.29) is 0 Å². The van der Waals surface area contributed by atoms with Crippen LogP contribution in [0.2, 0.25) is 0 Å². The summed E-state index contributed by atoms with van der Waals surface area (Å²) < 4.78 is 3.84. The average molecular weight is 296 g/mol. The van der Waals surface area contributed by atoms with E-state index in [1.165, 1.54) is 0 Å². The van der Waals surface area contributed by atoms with Crippen molar-refractivity contribution in [2.75, 3.05) is 0 Å². The first-order chi connectivity index (χ1) is 10.3. The van der Waals surface area contributed by atoms with Gasteiger partial charge in [-0.25, -0.2) is 9.97 Å². The normalized spacial score (nSPS) is 11.3. The van der Waals surface area contributed by atoms with Crippen LogP contribution in [0.15, 0.2) is 41.4 Å². The monoisotopic (exact) mass is 296 g/mol. The van der Waals surface area contributed by atoms with Gasteiger partial charge in [-0.05, 0) is 12.1 Å². The highest BCUT2D eigenvalue weighted by atomic mass is 32.1. The summed E-state index contributed by atoms with van der Waals surface area (Å²) >= 11 is 1.57. The van der Waals surface area contributed by atoms with Gasteiger partial charge in [0.05, 0.1) is 23.1 Å². The van der Waals surface area contributed by atoms with Crippen LogP contribution in [0.5, 0.6) is 0 Å². The molecule has 1 aromatic carbocycles. The molecule has 0 atom stereocenters. The second-order valence-corrected chi connectivity index (χ2v) is 5.49. The van der Waals surface area contributed by atoms with Gasteiger partial charge in [-0.3, -0.25) is 4.68 Å². The highest BCUT2D eigenvalue weighted by Crippen LogP contribution is 2.25. The summed E-state index contributed by atoms with van der Waals surface area (Å²) in [5, 5.41) is 10.2. The van der Waals surface area contributed by atoms with Gasteiger partial charge in [-0.2, -0.15) is 0 Å². The maximum atomic E-state index is 4.71. The predicted molar refractivity (Wildman–Crippen MR) is 80.9 cm³/mol. The Morgan fingerprint density at radius 3 is 2.90 bits per heavy atom. The molecule has 0 aliphatic rings. The van der Waals surface area contributed by atoms with Gasteiger partial charge in [0.1, 0.15) is 11.4 Å². The maximum absolute atomic E-state index is 4.71. The minimum Gasteiger partial charge on any atom is -0.316 e. The SMILES string of the molecule is Cn1cc(Cn2c(-c3cscn3)nc3ccccc32)nn1. The number of aromatic nitrogens is 6. The average Bonchev–Trinajstić information content (AvgIpc) is 3.20. The van der Waals surface area contributed by atoms with Crippen molar-refractivity contribution in [3.8, 4) is 11.5 Å². The van der Waals surface area contributed by atoms with Crippen LogP contribution >= 0.6 is 11.3 Å². The first kappa shape index (κ1) is 12.2. The highest BCUT2D eigenvalue weighted by Gasteiger charge is 2.15. The molecule has 4 aromatic rings. The molecule has 104 valence electrons. The summed E-state index contributed by atoms with van der Waals surface area (Å²) in [6.07, 6.45) is 1.92. The van der Waals surface area contributed by atoms with Crippen molar-refractivity contribution >= 4 is 22.4 Å². The molecule has 0 unspecified atom stereocenters. The fourth-order valence-corrected chi connectivity index (χ4v) is 2.91. The molecule has 3 aromatic heterocycles. The number of imidazole rings is 1. The largest absolute Gasteiger partial charge is 0.316 e. The number of benzene rings is 1. The van der Waals surface area contributed by atoms with E-state index >= 15 is 0 Å². The molecular weight excluding hydrogens is 284 g/mol. The fourth-order valence-electron chi connectivity index (χ4n) is 2.38. The Morgan fingerprint density at radius 1 is 1.24 bits per heavy atom. The van der Waals surface area contributed by atoms with E-state index in [1.807, 2.05) is 42.3 Å². The zero-order valence-corrected chi connectivity index (χ0v) is 12.2. The number of nitrogens with zero attached hydrogens (tertiary/aromatic N) is 6. The van der Waals surface area contributed by atoms with Gasteiger partial charge in [-0.15, -0.1) is 16.4 Å². The number of fused-ring (bicyclic) bond motifs is 1. The summed E-state index contributed by atoms with van der Waals surface area (Å²) in [7, 11) is 1.86. The van der Waals surface area contributed by atoms with Crippen molar-refractivity contribution in [2.45, 2.75) is 6.54 Å². The molecule has 0 aliphatic carbocycles. The lowest BCUT2D eigenvalue weighted by Crippen LogP contribution is -2.02. The van der Waals surface area contributed by atoms with Gasteiger partial charge in [-0.1, -0.05) is 17.3 Å². The Kier molecular flexibility index (Phi) is 2.78. The summed E-state index contributed by atoms with van der Waals surface area (Å²) in [5.74, 6) is 0.864. The van der Waals surface area contributed by atoms with Crippen molar-refractivity contribution in [1.29, 1.82) is 0 Å². The maximum Gasteiger partial charge on any atom is 0.161 e. The van der Waals surface area contributed by atoms with Crippen molar-refractivity contribution in [2.24, 2.45) is 7.05 Å². The first-order valence-electron chi connectivity index (χ1n) is 6.50. The number of hydrogen-bond donors (Lipinski definition) is 0. The smallest absolute Gasteiger partial charge is 0.161 e. The lowest BCUT2D eigenvalue weighted by atomic mass is 10.3. The lowest BCUT2D eigenvalue weighted by molar-refractivity contribution is 0.711. The standard InChI is InChI=1S/C14H12N6S/c1-19-6-10(17-18-19)7-20-13-5-3-2-4-11(13)16-14(20)12-8-21-9-15-12/h2-6,8-9H,7H2,1H3. The Balaban J connectivity index is 1.90. The Bertz CT molecular complexity index is 889. The Hall–Kier alpha value is -2.54. The van der Waals surface area contributed by atoms with Crippen molar-refractivity contribution < 1.29 is 0 Å². The van der Waals surface area contributed by atoms with Crippen molar-refractivity contribution in [3.63, 3.8) is 0 Å². The molecule has 6 nitrogen and oxygen atoms in total. The van der Waals surface area contributed by atoms with Crippen LogP contribution in [0.4, 0.5) is 0 Å². The third-order valence-electron chi connectivity index (χ3n) is 3.29. The molecule has 7 heteroatoms. The zero-order chi connectivity index (χ0) is 14.2. The highest BCUT2D eigenvalue weighted by molar-refractivity contribution is 7.07. The quantitative estimate of drug-likeness (QED) is 0.582. The molecule has 0 radical (unpaired) electrons. The third kappa shape index (κ3) is 2.11. The van der Waals surface area contributed by atoms with E-state index in [9.17, 15) is 0 Å². The lowest BCUT2D eigenvalue weighted by Gasteiger charge is -2.05. The molecule has 4 rings (SSSR count). The molecular formula is C14H12N6S. The topological polar surface area (TPSA) is 61.4 Å². The fraction of sp³-hybridized carbons (Fsp3) is 0.143. The number of aryl methyl sites for hydroxylation is 1. The van der Waals surface area contributed by atoms with Crippen LogP contribution in [0.1, 0.15) is 5.69 Å². The van der Waals surface area contributed by atoms with E-state index in [0.717, 1.165) is 28.2 Å². The Morgan fingerprint density at radius 2 is 2.14 bits per heavy atom. The van der Waals surface area contributed by atoms with Gasteiger partial charge in [0.25, 0.3) is 0 Å². The molecule has 0 fully saturated rings. The number of rotatable bonds is 3. The van der Waals surface area contributed by atoms with E-state index in [1.54, 1.807) is 16.0 Å². The first-order valence-corrected chi connectivity index (χ1v) is 7.44. The number of thiazole rings is 1. The van der Waals surface area contributed by atoms with Crippen LogP contribution in [-0.2, 0) is 13.6 Å². The van der Waals surface area contributed by atoms with E-state index in [4.69, 9.17) is 4.98 Å². The van der Waals surface area contributed by atoms with Crippen LogP contribution < -0.4 is 0 Å². The molecule has 21 heavy (non-hydrogen) atoms. The van der Waals surface area contributed by atoms with Crippen LogP contribution in [0.25, 0.3) is 22.6 Å². The summed E-state index contributed by atoms with van der Waals surface area (Å²) in [5.41, 5.74) is 5.65. The minimum absolute atomic E-state index is 0.626. The minimum atomic E-state index is 0.626. The number of hydrogen-bond acceptors (Lipinski definition) is 5. The van der Waals surface area contributed by atoms with Crippen LogP contribution in [0.3, 0.4) is 0 Å². The summed E-state index contributed by atoms with van der Waals surface area (Å²) in [6, 6.07) is 8.09. The van der Waals surface area contributed by atoms with Gasteiger partial charge >= 0.3 is 0 Å². The second kappa shape index (κ2) is 4.78. The van der Waals surface area contributed by atoms with E-state index in [2.05, 4.69) is 25.9 Å². The third-order valence-corrected chi connectivity index (χ3v) is 3.87. The van der Waals surface area contributed by atoms with E-state index < -0.39 is 0 Å². The molecule has 0 amide bonds. The zero-order valence-electron chi connectivity index (χ0n) is 11.3. The molecule has 0 spiro atoms.